The molecule has 19 heavy (non-hydrogen) atoms. The maximum absolute atomic E-state index is 6.33. The van der Waals surface area contributed by atoms with Crippen LogP contribution in [0.5, 0.6) is 0 Å². The SMILES string of the molecule is CC(C)O[Si](OC(C)C)C12CC3CC(CC(C3)C1)C2. The second kappa shape index (κ2) is 5.16. The first kappa shape index (κ1) is 14.1. The maximum atomic E-state index is 6.33. The van der Waals surface area contributed by atoms with Gasteiger partial charge in [0.05, 0.1) is 0 Å². The zero-order valence-electron chi connectivity index (χ0n) is 12.9. The van der Waals surface area contributed by atoms with Gasteiger partial charge in [-0.3, -0.25) is 0 Å². The molecule has 0 aliphatic heterocycles. The fourth-order valence-corrected chi connectivity index (χ4v) is 7.84. The molecule has 0 amide bonds. The van der Waals surface area contributed by atoms with Gasteiger partial charge < -0.3 is 8.85 Å². The fraction of sp³-hybridized carbons (Fsp3) is 1.00. The normalized spacial score (nSPS) is 40.9. The van der Waals surface area contributed by atoms with Crippen molar-refractivity contribution in [2.24, 2.45) is 17.8 Å². The van der Waals surface area contributed by atoms with Gasteiger partial charge in [-0.1, -0.05) is 0 Å². The van der Waals surface area contributed by atoms with Crippen LogP contribution in [0.2, 0.25) is 5.04 Å². The lowest BCUT2D eigenvalue weighted by molar-refractivity contribution is -0.00489. The predicted octanol–water partition coefficient (Wildman–Crippen LogP) is 4.30. The Bertz CT molecular complexity index is 281. The Kier molecular flexibility index (Phi) is 3.82. The van der Waals surface area contributed by atoms with Crippen LogP contribution in [0.3, 0.4) is 0 Å². The molecule has 4 aliphatic rings. The van der Waals surface area contributed by atoms with E-state index in [9.17, 15) is 0 Å². The van der Waals surface area contributed by atoms with Gasteiger partial charge in [0, 0.05) is 17.2 Å². The molecule has 0 saturated heterocycles. The molecule has 0 unspecified atom stereocenters. The Labute approximate surface area is 120 Å². The Morgan fingerprint density at radius 2 is 1.16 bits per heavy atom. The molecule has 4 bridgehead atoms. The van der Waals surface area contributed by atoms with E-state index in [2.05, 4.69) is 27.7 Å². The lowest BCUT2D eigenvalue weighted by Crippen LogP contribution is -2.52. The first-order chi connectivity index (χ1) is 8.97. The molecule has 4 saturated carbocycles. The van der Waals surface area contributed by atoms with Crippen molar-refractivity contribution >= 4 is 9.28 Å². The standard InChI is InChI=1S/C16H29O2Si/c1-11(2)17-19(18-12(3)4)16-8-13-5-14(9-16)7-15(6-13)10-16/h11-15H,5-10H2,1-4H3. The van der Waals surface area contributed by atoms with Crippen molar-refractivity contribution in [3.05, 3.63) is 0 Å². The molecule has 0 spiro atoms. The highest BCUT2D eigenvalue weighted by Gasteiger charge is 2.57. The van der Waals surface area contributed by atoms with Gasteiger partial charge in [0.15, 0.2) is 0 Å². The number of rotatable bonds is 5. The number of hydrogen-bond donors (Lipinski definition) is 0. The van der Waals surface area contributed by atoms with Crippen LogP contribution < -0.4 is 0 Å². The van der Waals surface area contributed by atoms with Crippen LogP contribution in [-0.4, -0.2) is 21.5 Å². The Balaban J connectivity index is 1.80. The molecule has 4 rings (SSSR count). The summed E-state index contributed by atoms with van der Waals surface area (Å²) in [7, 11) is -1.14. The zero-order valence-corrected chi connectivity index (χ0v) is 13.9. The summed E-state index contributed by atoms with van der Waals surface area (Å²) < 4.78 is 12.7. The van der Waals surface area contributed by atoms with Gasteiger partial charge in [-0.05, 0) is 84.0 Å². The molecule has 2 nitrogen and oxygen atoms in total. The molecule has 4 fully saturated rings. The minimum absolute atomic E-state index is 0.306. The third-order valence-corrected chi connectivity index (χ3v) is 8.01. The van der Waals surface area contributed by atoms with Crippen molar-refractivity contribution in [1.82, 2.24) is 0 Å². The highest BCUT2D eigenvalue weighted by molar-refractivity contribution is 6.49. The summed E-state index contributed by atoms with van der Waals surface area (Å²) in [6, 6.07) is 0. The van der Waals surface area contributed by atoms with E-state index in [0.717, 1.165) is 17.8 Å². The van der Waals surface area contributed by atoms with Crippen molar-refractivity contribution in [3.63, 3.8) is 0 Å². The van der Waals surface area contributed by atoms with Crippen LogP contribution in [0.4, 0.5) is 0 Å². The van der Waals surface area contributed by atoms with Gasteiger partial charge >= 0.3 is 9.28 Å². The molecule has 0 heterocycles. The Morgan fingerprint density at radius 1 is 0.789 bits per heavy atom. The van der Waals surface area contributed by atoms with Gasteiger partial charge in [0.1, 0.15) is 0 Å². The lowest BCUT2D eigenvalue weighted by Gasteiger charge is -2.57. The number of hydrogen-bond acceptors (Lipinski definition) is 2. The highest BCUT2D eigenvalue weighted by atomic mass is 28.3. The molecule has 0 aromatic heterocycles. The first-order valence-corrected chi connectivity index (χ1v) is 9.49. The second-order valence-electron chi connectivity index (χ2n) is 7.82. The highest BCUT2D eigenvalue weighted by Crippen LogP contribution is 2.65. The molecule has 3 heteroatoms. The largest absolute Gasteiger partial charge is 0.391 e. The zero-order chi connectivity index (χ0) is 13.6. The van der Waals surface area contributed by atoms with Crippen LogP contribution in [0.15, 0.2) is 0 Å². The van der Waals surface area contributed by atoms with Crippen LogP contribution in [0.25, 0.3) is 0 Å². The van der Waals surface area contributed by atoms with E-state index in [-0.39, 0.29) is 0 Å². The summed E-state index contributed by atoms with van der Waals surface area (Å²) in [6.07, 6.45) is 9.29. The average Bonchev–Trinajstić information content (AvgIpc) is 2.24. The minimum atomic E-state index is -1.14. The van der Waals surface area contributed by atoms with E-state index >= 15 is 0 Å². The van der Waals surface area contributed by atoms with E-state index in [1.54, 1.807) is 0 Å². The van der Waals surface area contributed by atoms with Crippen molar-refractivity contribution in [2.45, 2.75) is 83.5 Å². The minimum Gasteiger partial charge on any atom is -0.391 e. The monoisotopic (exact) mass is 281 g/mol. The summed E-state index contributed by atoms with van der Waals surface area (Å²) in [4.78, 5) is 0. The van der Waals surface area contributed by atoms with Gasteiger partial charge in [-0.2, -0.15) is 0 Å². The predicted molar refractivity (Wildman–Crippen MR) is 79.1 cm³/mol. The van der Waals surface area contributed by atoms with E-state index in [4.69, 9.17) is 8.85 Å². The van der Waals surface area contributed by atoms with Crippen LogP contribution in [0, 0.1) is 17.8 Å². The van der Waals surface area contributed by atoms with Crippen LogP contribution >= 0.6 is 0 Å². The lowest BCUT2D eigenvalue weighted by atomic mass is 9.56. The summed E-state index contributed by atoms with van der Waals surface area (Å²) in [6.45, 7) is 8.65. The molecular formula is C16H29O2Si. The molecular weight excluding hydrogens is 252 g/mol. The summed E-state index contributed by atoms with van der Waals surface area (Å²) in [5, 5.41) is 0.438. The molecule has 0 atom stereocenters. The van der Waals surface area contributed by atoms with E-state index in [0.29, 0.717) is 17.2 Å². The van der Waals surface area contributed by atoms with E-state index in [1.165, 1.54) is 38.5 Å². The Morgan fingerprint density at radius 3 is 1.47 bits per heavy atom. The molecule has 109 valence electrons. The molecule has 0 aromatic carbocycles. The first-order valence-electron chi connectivity index (χ1n) is 8.17. The molecule has 4 aliphatic carbocycles. The third kappa shape index (κ3) is 2.79. The quantitative estimate of drug-likeness (QED) is 0.700. The van der Waals surface area contributed by atoms with Gasteiger partial charge in [-0.25, -0.2) is 0 Å². The summed E-state index contributed by atoms with van der Waals surface area (Å²) in [5.41, 5.74) is 0. The van der Waals surface area contributed by atoms with Crippen LogP contribution in [-0.2, 0) is 8.85 Å². The molecule has 1 radical (unpaired) electrons. The second-order valence-corrected chi connectivity index (χ2v) is 9.93. The average molecular weight is 281 g/mol. The van der Waals surface area contributed by atoms with Crippen LogP contribution in [0.1, 0.15) is 66.2 Å². The molecule has 0 N–H and O–H groups in total. The maximum Gasteiger partial charge on any atom is 0.391 e. The summed E-state index contributed by atoms with van der Waals surface area (Å²) in [5.74, 6) is 2.95. The van der Waals surface area contributed by atoms with Crippen molar-refractivity contribution in [1.29, 1.82) is 0 Å². The van der Waals surface area contributed by atoms with E-state index < -0.39 is 9.28 Å². The topological polar surface area (TPSA) is 18.5 Å². The Hall–Kier alpha value is 0.137. The van der Waals surface area contributed by atoms with Crippen molar-refractivity contribution in [3.8, 4) is 0 Å². The van der Waals surface area contributed by atoms with Crippen molar-refractivity contribution in [2.75, 3.05) is 0 Å². The van der Waals surface area contributed by atoms with Crippen molar-refractivity contribution < 1.29 is 8.85 Å². The molecule has 0 aromatic rings. The third-order valence-electron chi connectivity index (χ3n) is 5.16. The van der Waals surface area contributed by atoms with Gasteiger partial charge in [0.2, 0.25) is 0 Å². The van der Waals surface area contributed by atoms with E-state index in [1.807, 2.05) is 0 Å². The van der Waals surface area contributed by atoms with Gasteiger partial charge in [0.25, 0.3) is 0 Å². The summed E-state index contributed by atoms with van der Waals surface area (Å²) >= 11 is 0. The van der Waals surface area contributed by atoms with Gasteiger partial charge in [-0.15, -0.1) is 0 Å². The fourth-order valence-electron chi connectivity index (χ4n) is 5.07. The smallest absolute Gasteiger partial charge is 0.391 e.